The van der Waals surface area contributed by atoms with E-state index in [4.69, 9.17) is 9.47 Å². The molecule has 0 radical (unpaired) electrons. The topological polar surface area (TPSA) is 209 Å². The molecule has 0 rings (SSSR count). The number of amides is 3. The number of hydrogen-bond acceptors (Lipinski definition) is 9. The summed E-state index contributed by atoms with van der Waals surface area (Å²) in [5, 5.41) is 30.6. The van der Waals surface area contributed by atoms with Gasteiger partial charge in [-0.25, -0.2) is 4.79 Å². The van der Waals surface area contributed by atoms with Gasteiger partial charge in [0, 0.05) is 35.9 Å². The highest BCUT2D eigenvalue weighted by molar-refractivity contribution is 5.89. The minimum atomic E-state index is -1.31. The molecule has 0 saturated heterocycles. The summed E-state index contributed by atoms with van der Waals surface area (Å²) < 4.78 is 12.0. The average molecular weight is 771 g/mol. The van der Waals surface area contributed by atoms with Gasteiger partial charge in [0.1, 0.15) is 6.04 Å². The molecule has 0 aliphatic carbocycles. The Morgan fingerprint density at radius 1 is 0.630 bits per heavy atom. The van der Waals surface area contributed by atoms with Crippen molar-refractivity contribution in [3.05, 3.63) is 0 Å². The van der Waals surface area contributed by atoms with Crippen molar-refractivity contribution in [1.82, 2.24) is 21.3 Å². The van der Waals surface area contributed by atoms with Gasteiger partial charge in [0.25, 0.3) is 0 Å². The van der Waals surface area contributed by atoms with Gasteiger partial charge in [0.15, 0.2) is 5.78 Å². The van der Waals surface area contributed by atoms with Crippen molar-refractivity contribution >= 4 is 35.4 Å². The van der Waals surface area contributed by atoms with Crippen molar-refractivity contribution in [2.75, 3.05) is 26.3 Å². The predicted octanol–water partition coefficient (Wildman–Crippen LogP) is 5.01. The summed E-state index contributed by atoms with van der Waals surface area (Å²) in [7, 11) is 0. The third kappa shape index (κ3) is 21.7. The molecule has 0 unspecified atom stereocenters. The van der Waals surface area contributed by atoms with E-state index in [1.165, 1.54) is 13.8 Å². The number of unbranched alkanes of at least 4 members (excludes halogenated alkanes) is 1. The first-order valence-corrected chi connectivity index (χ1v) is 19.2. The molecule has 0 bridgehead atoms. The highest BCUT2D eigenvalue weighted by Gasteiger charge is 2.40. The van der Waals surface area contributed by atoms with E-state index in [-0.39, 0.29) is 62.1 Å². The second-order valence-electron chi connectivity index (χ2n) is 19.1. The van der Waals surface area contributed by atoms with Gasteiger partial charge in [-0.2, -0.15) is 0 Å². The Labute approximate surface area is 324 Å². The number of carbonyl (C=O) groups excluding carboxylic acids is 4. The lowest BCUT2D eigenvalue weighted by Crippen LogP contribution is -2.50. The molecule has 0 aliphatic rings. The molecule has 0 saturated carbocycles. The molecular weight excluding hydrogens is 696 g/mol. The van der Waals surface area contributed by atoms with Crippen LogP contribution in [0.2, 0.25) is 0 Å². The monoisotopic (exact) mass is 771 g/mol. The summed E-state index contributed by atoms with van der Waals surface area (Å²) in [5.41, 5.74) is -4.25. The molecule has 14 heteroatoms. The van der Waals surface area contributed by atoms with Crippen LogP contribution in [0.1, 0.15) is 148 Å². The smallest absolute Gasteiger partial charge is 0.326 e. The second kappa shape index (κ2) is 21.3. The van der Waals surface area contributed by atoms with Crippen LogP contribution in [-0.2, 0) is 38.2 Å². The molecule has 2 atom stereocenters. The van der Waals surface area contributed by atoms with Gasteiger partial charge in [-0.15, -0.1) is 0 Å². The zero-order chi connectivity index (χ0) is 42.3. The van der Waals surface area contributed by atoms with Gasteiger partial charge in [-0.05, 0) is 101 Å². The molecule has 0 heterocycles. The normalized spacial score (nSPS) is 14.2. The number of ketones is 1. The highest BCUT2D eigenvalue weighted by Crippen LogP contribution is 2.34. The summed E-state index contributed by atoms with van der Waals surface area (Å²) >= 11 is 0. The van der Waals surface area contributed by atoms with Crippen LogP contribution in [-0.4, -0.2) is 101 Å². The fourth-order valence-electron chi connectivity index (χ4n) is 5.91. The van der Waals surface area contributed by atoms with E-state index in [2.05, 4.69) is 21.3 Å². The number of nitrogens with one attached hydrogen (secondary N) is 4. The zero-order valence-electron chi connectivity index (χ0n) is 35.8. The van der Waals surface area contributed by atoms with E-state index >= 15 is 0 Å². The Kier molecular flexibility index (Phi) is 20.0. The van der Waals surface area contributed by atoms with Crippen LogP contribution in [0.15, 0.2) is 0 Å². The van der Waals surface area contributed by atoms with Crippen LogP contribution in [0.25, 0.3) is 0 Å². The van der Waals surface area contributed by atoms with Crippen molar-refractivity contribution in [3.8, 4) is 0 Å². The summed E-state index contributed by atoms with van der Waals surface area (Å²) in [6, 6.07) is -1.55. The van der Waals surface area contributed by atoms with Gasteiger partial charge in [-0.3, -0.25) is 24.0 Å². The predicted molar refractivity (Wildman–Crippen MR) is 209 cm³/mol. The third-order valence-corrected chi connectivity index (χ3v) is 8.95. The van der Waals surface area contributed by atoms with Crippen molar-refractivity contribution < 1.29 is 48.5 Å². The first kappa shape index (κ1) is 50.9. The minimum absolute atomic E-state index is 0.00681. The van der Waals surface area contributed by atoms with Gasteiger partial charge >= 0.3 is 11.9 Å². The van der Waals surface area contributed by atoms with E-state index in [1.807, 2.05) is 69.2 Å². The number of ether oxygens (including phenoxy) is 2. The van der Waals surface area contributed by atoms with Crippen LogP contribution in [0.3, 0.4) is 0 Å². The fourth-order valence-corrected chi connectivity index (χ4v) is 5.91. The molecule has 0 aliphatic heterocycles. The van der Waals surface area contributed by atoms with Gasteiger partial charge in [0.05, 0.1) is 42.3 Å². The Bertz CT molecular complexity index is 1260. The van der Waals surface area contributed by atoms with E-state index in [1.54, 1.807) is 13.8 Å². The Hall–Kier alpha value is -3.10. The average Bonchev–Trinajstić information content (AvgIpc) is 2.97. The number of hydrogen-bond donors (Lipinski definition) is 6. The van der Waals surface area contributed by atoms with Gasteiger partial charge in [-0.1, -0.05) is 34.6 Å². The lowest BCUT2D eigenvalue weighted by molar-refractivity contribution is -0.151. The largest absolute Gasteiger partial charge is 0.481 e. The quantitative estimate of drug-likeness (QED) is 0.0645. The maximum atomic E-state index is 12.9. The van der Waals surface area contributed by atoms with Crippen molar-refractivity contribution in [1.29, 1.82) is 0 Å². The van der Waals surface area contributed by atoms with Crippen molar-refractivity contribution in [2.45, 2.75) is 177 Å². The highest BCUT2D eigenvalue weighted by atomic mass is 16.5. The minimum Gasteiger partial charge on any atom is -0.481 e. The first-order valence-electron chi connectivity index (χ1n) is 19.2. The molecule has 0 aromatic heterocycles. The molecule has 0 spiro atoms. The van der Waals surface area contributed by atoms with Crippen LogP contribution in [0.5, 0.6) is 0 Å². The molecule has 14 nitrogen and oxygen atoms in total. The van der Waals surface area contributed by atoms with E-state index in [0.717, 1.165) is 12.8 Å². The molecule has 54 heavy (non-hydrogen) atoms. The van der Waals surface area contributed by atoms with Crippen LogP contribution >= 0.6 is 0 Å². The van der Waals surface area contributed by atoms with Crippen molar-refractivity contribution in [2.24, 2.45) is 16.2 Å². The molecule has 0 aromatic carbocycles. The summed E-state index contributed by atoms with van der Waals surface area (Å²) in [5.74, 6) is -3.28. The molecule has 0 aromatic rings. The molecule has 6 N–H and O–H groups in total. The maximum absolute atomic E-state index is 12.9. The molecular formula is C40H74N4O10. The number of Topliss-reactive ketones (excluding diaryl/α,β-unsaturated/α-hetero) is 1. The zero-order valence-corrected chi connectivity index (χ0v) is 35.8. The number of carboxylic acids is 2. The number of carbonyl (C=O) groups is 6. The molecule has 314 valence electrons. The van der Waals surface area contributed by atoms with Crippen molar-refractivity contribution in [3.63, 3.8) is 0 Å². The molecule has 0 fully saturated rings. The van der Waals surface area contributed by atoms with Crippen LogP contribution < -0.4 is 21.3 Å². The third-order valence-electron chi connectivity index (χ3n) is 8.95. The number of aliphatic carboxylic acids is 2. The Balaban J connectivity index is 4.57. The second-order valence-corrected chi connectivity index (χ2v) is 19.1. The van der Waals surface area contributed by atoms with Crippen LogP contribution in [0.4, 0.5) is 0 Å². The number of rotatable bonds is 26. The standard InChI is InChI=1S/C40H74N4O10/c1-35(2,3)31(47)27(44-36(4,5)6)17-15-16-21-41-30(46)25-40(13,14)53-23-20-39(11,12)54-24-22-42-29(45)19-18-28(32(48)49)43-33(50)37(7,8)26-38(9,10)34(51)52/h27-28,44H,15-26H2,1-14H3,(H,41,46)(H,42,45)(H,43,50)(H,48,49)(H,51,52)/t27-,28-/m0/s1. The Morgan fingerprint density at radius 2 is 1.19 bits per heavy atom. The van der Waals surface area contributed by atoms with Gasteiger partial charge in [0.2, 0.25) is 17.7 Å². The fraction of sp³-hybridized carbons (Fsp3) is 0.850. The van der Waals surface area contributed by atoms with E-state index in [0.29, 0.717) is 26.0 Å². The first-order chi connectivity index (χ1) is 24.3. The lowest BCUT2D eigenvalue weighted by atomic mass is 9.74. The lowest BCUT2D eigenvalue weighted by Gasteiger charge is -2.32. The SMILES string of the molecule is CC(C)(C)N[C@@H](CCCCNC(=O)CC(C)(C)OCCC(C)(C)OCCNC(=O)CC[C@H](NC(=O)C(C)(C)CC(C)(C)C(=O)O)C(=O)O)C(=O)C(C)(C)C. The van der Waals surface area contributed by atoms with Crippen LogP contribution in [0, 0.1) is 16.2 Å². The Morgan fingerprint density at radius 3 is 1.70 bits per heavy atom. The molecule has 3 amide bonds. The van der Waals surface area contributed by atoms with E-state index in [9.17, 15) is 39.0 Å². The van der Waals surface area contributed by atoms with E-state index < -0.39 is 57.2 Å². The van der Waals surface area contributed by atoms with Gasteiger partial charge < -0.3 is 41.0 Å². The maximum Gasteiger partial charge on any atom is 0.326 e. The summed E-state index contributed by atoms with van der Waals surface area (Å²) in [4.78, 5) is 74.2. The summed E-state index contributed by atoms with van der Waals surface area (Å²) in [6.07, 6.45) is 2.68. The summed E-state index contributed by atoms with van der Waals surface area (Å²) in [6.45, 7) is 26.8. The number of carboxylic acid groups (broad SMARTS) is 2.